The van der Waals surface area contributed by atoms with Gasteiger partial charge in [-0.3, -0.25) is 9.79 Å². The van der Waals surface area contributed by atoms with E-state index in [1.165, 1.54) is 17.7 Å². The molecule has 2 heteroatoms. The van der Waals surface area contributed by atoms with Gasteiger partial charge in [-0.2, -0.15) is 0 Å². The second-order valence-electron chi connectivity index (χ2n) is 8.12. The Hall–Kier alpha value is -1.44. The number of aliphatic imine (C=N–C) groups is 1. The number of carbonyl (C=O) groups excluding carboxylic acids is 1. The van der Waals surface area contributed by atoms with Crippen LogP contribution in [0.2, 0.25) is 0 Å². The maximum Gasteiger partial charge on any atom is 0.140 e. The van der Waals surface area contributed by atoms with Crippen molar-refractivity contribution in [2.24, 2.45) is 52.3 Å². The van der Waals surface area contributed by atoms with E-state index in [9.17, 15) is 4.79 Å². The molecule has 0 heterocycles. The summed E-state index contributed by atoms with van der Waals surface area (Å²) in [6, 6.07) is 10.7. The van der Waals surface area contributed by atoms with Crippen LogP contribution in [-0.4, -0.2) is 18.0 Å². The largest absolute Gasteiger partial charge is 0.299 e. The zero-order chi connectivity index (χ0) is 14.4. The van der Waals surface area contributed by atoms with E-state index in [1.807, 2.05) is 0 Å². The lowest BCUT2D eigenvalue weighted by molar-refractivity contribution is -0.129. The van der Waals surface area contributed by atoms with Gasteiger partial charge >= 0.3 is 0 Å². The van der Waals surface area contributed by atoms with Crippen molar-refractivity contribution in [1.82, 2.24) is 0 Å². The van der Waals surface area contributed by atoms with Gasteiger partial charge in [0.25, 0.3) is 0 Å². The van der Waals surface area contributed by atoms with Crippen LogP contribution in [0.1, 0.15) is 18.4 Å². The summed E-state index contributed by atoms with van der Waals surface area (Å²) < 4.78 is 0. The molecule has 112 valence electrons. The van der Waals surface area contributed by atoms with Crippen LogP contribution in [0.15, 0.2) is 35.3 Å². The Labute approximate surface area is 131 Å². The Morgan fingerprint density at radius 1 is 0.955 bits per heavy atom. The lowest BCUT2D eigenvalue weighted by Gasteiger charge is -2.43. The van der Waals surface area contributed by atoms with Crippen molar-refractivity contribution < 1.29 is 4.79 Å². The van der Waals surface area contributed by atoms with Crippen molar-refractivity contribution in [3.63, 3.8) is 0 Å². The predicted molar refractivity (Wildman–Crippen MR) is 84.6 cm³/mol. The minimum Gasteiger partial charge on any atom is -0.299 e. The van der Waals surface area contributed by atoms with E-state index in [0.29, 0.717) is 29.5 Å². The first-order valence-electron chi connectivity index (χ1n) is 8.98. The summed E-state index contributed by atoms with van der Waals surface area (Å²) in [5, 5.41) is 0. The highest BCUT2D eigenvalue weighted by atomic mass is 16.1. The van der Waals surface area contributed by atoms with Crippen LogP contribution in [-0.2, 0) is 11.2 Å². The van der Waals surface area contributed by atoms with Gasteiger partial charge in [-0.05, 0) is 48.5 Å². The maximum atomic E-state index is 12.5. The molecule has 0 radical (unpaired) electrons. The fourth-order valence-electron chi connectivity index (χ4n) is 7.18. The van der Waals surface area contributed by atoms with Crippen LogP contribution >= 0.6 is 0 Å². The molecule has 0 saturated heterocycles. The Balaban J connectivity index is 1.20. The number of carbonyl (C=O) groups is 1. The molecule has 6 rings (SSSR count). The van der Waals surface area contributed by atoms with Crippen molar-refractivity contribution >= 4 is 11.5 Å². The van der Waals surface area contributed by atoms with Crippen molar-refractivity contribution in [3.05, 3.63) is 35.9 Å². The van der Waals surface area contributed by atoms with Gasteiger partial charge in [0.2, 0.25) is 0 Å². The molecule has 0 unspecified atom stereocenters. The summed E-state index contributed by atoms with van der Waals surface area (Å²) in [7, 11) is 0. The monoisotopic (exact) mass is 291 g/mol. The third-order valence-corrected chi connectivity index (χ3v) is 7.60. The molecule has 2 bridgehead atoms. The van der Waals surface area contributed by atoms with Crippen molar-refractivity contribution in [2.45, 2.75) is 19.3 Å². The number of hydrogen-bond donors (Lipinski definition) is 0. The average Bonchev–Trinajstić information content (AvgIpc) is 3.04. The summed E-state index contributed by atoms with van der Waals surface area (Å²) in [5.41, 5.74) is 2.91. The zero-order valence-electron chi connectivity index (χ0n) is 12.7. The SMILES string of the molecule is O=C1[C@H]2[C@@H]3C[C@@H]4[C@H]2C(=NCCCc2ccccc2)[C@H]2[C@H]1[C@H]3[C@H]42. The van der Waals surface area contributed by atoms with E-state index < -0.39 is 0 Å². The molecule has 1 aromatic rings. The normalized spacial score (nSPS) is 50.4. The standard InChI is InChI=1S/C20H21NO/c22-20-16-12-9-11-13-14(12)18(20)17(13)19(15(11)16)21-8-4-7-10-5-2-1-3-6-10/h1-3,5-6,11-18H,4,7-9H2/t11-,12+,13-,14+,15+,16-,17+,18+/m0/s1. The number of hydrogen-bond acceptors (Lipinski definition) is 2. The smallest absolute Gasteiger partial charge is 0.140 e. The lowest BCUT2D eigenvalue weighted by atomic mass is 9.59. The number of aryl methyl sites for hydroxylation is 1. The second-order valence-corrected chi connectivity index (χ2v) is 8.12. The molecule has 0 spiro atoms. The molecule has 5 aliphatic carbocycles. The van der Waals surface area contributed by atoms with Crippen LogP contribution < -0.4 is 0 Å². The first kappa shape index (κ1) is 12.0. The highest BCUT2D eigenvalue weighted by molar-refractivity contribution is 6.08. The summed E-state index contributed by atoms with van der Waals surface area (Å²) in [6.07, 6.45) is 3.61. The molecule has 5 fully saturated rings. The molecule has 0 amide bonds. The predicted octanol–water partition coefficient (Wildman–Crippen LogP) is 3.02. The van der Waals surface area contributed by atoms with Gasteiger partial charge in [0.1, 0.15) is 5.78 Å². The molecule has 22 heavy (non-hydrogen) atoms. The van der Waals surface area contributed by atoms with Crippen LogP contribution in [0.5, 0.6) is 0 Å². The van der Waals surface area contributed by atoms with E-state index in [4.69, 9.17) is 4.99 Å². The van der Waals surface area contributed by atoms with Crippen molar-refractivity contribution in [1.29, 1.82) is 0 Å². The summed E-state index contributed by atoms with van der Waals surface area (Å²) in [4.78, 5) is 17.6. The van der Waals surface area contributed by atoms with Gasteiger partial charge in [0, 0.05) is 35.9 Å². The first-order chi connectivity index (χ1) is 10.9. The Bertz CT molecular complexity index is 693. The van der Waals surface area contributed by atoms with E-state index in [2.05, 4.69) is 30.3 Å². The highest BCUT2D eigenvalue weighted by Crippen LogP contribution is 2.80. The van der Waals surface area contributed by atoms with Gasteiger partial charge < -0.3 is 0 Å². The molecular formula is C20H21NO. The Morgan fingerprint density at radius 2 is 1.73 bits per heavy atom. The number of rotatable bonds is 4. The molecular weight excluding hydrogens is 270 g/mol. The molecule has 8 atom stereocenters. The number of ketones is 1. The van der Waals surface area contributed by atoms with Gasteiger partial charge in [0.15, 0.2) is 0 Å². The maximum absolute atomic E-state index is 12.5. The lowest BCUT2D eigenvalue weighted by Crippen LogP contribution is -2.48. The van der Waals surface area contributed by atoms with Gasteiger partial charge in [-0.1, -0.05) is 30.3 Å². The molecule has 5 saturated carbocycles. The minimum atomic E-state index is 0.405. The topological polar surface area (TPSA) is 29.4 Å². The van der Waals surface area contributed by atoms with E-state index in [0.717, 1.165) is 43.1 Å². The number of benzene rings is 1. The van der Waals surface area contributed by atoms with Gasteiger partial charge in [-0.25, -0.2) is 0 Å². The van der Waals surface area contributed by atoms with E-state index in [-0.39, 0.29) is 0 Å². The van der Waals surface area contributed by atoms with Crippen LogP contribution in [0.25, 0.3) is 0 Å². The minimum absolute atomic E-state index is 0.405. The molecule has 0 N–H and O–H groups in total. The van der Waals surface area contributed by atoms with Crippen molar-refractivity contribution in [3.8, 4) is 0 Å². The average molecular weight is 291 g/mol. The van der Waals surface area contributed by atoms with Crippen LogP contribution in [0, 0.1) is 47.3 Å². The molecule has 0 aromatic heterocycles. The third kappa shape index (κ3) is 1.18. The Morgan fingerprint density at radius 3 is 2.59 bits per heavy atom. The zero-order valence-corrected chi connectivity index (χ0v) is 12.7. The number of nitrogens with zero attached hydrogens (tertiary/aromatic N) is 1. The van der Waals surface area contributed by atoms with E-state index >= 15 is 0 Å². The number of fused-ring (bicyclic) bond motifs is 2. The highest BCUT2D eigenvalue weighted by Gasteiger charge is 2.83. The summed E-state index contributed by atoms with van der Waals surface area (Å²) in [5.74, 6) is 5.92. The fraction of sp³-hybridized carbons (Fsp3) is 0.600. The summed E-state index contributed by atoms with van der Waals surface area (Å²) >= 11 is 0. The first-order valence-corrected chi connectivity index (χ1v) is 8.98. The molecule has 1 aromatic carbocycles. The van der Waals surface area contributed by atoms with Crippen molar-refractivity contribution in [2.75, 3.05) is 6.54 Å². The quantitative estimate of drug-likeness (QED) is 0.784. The molecule has 0 aliphatic heterocycles. The van der Waals surface area contributed by atoms with Gasteiger partial charge in [-0.15, -0.1) is 0 Å². The molecule has 2 nitrogen and oxygen atoms in total. The van der Waals surface area contributed by atoms with Crippen LogP contribution in [0.4, 0.5) is 0 Å². The third-order valence-electron chi connectivity index (χ3n) is 7.60. The Kier molecular flexibility index (Phi) is 2.13. The summed E-state index contributed by atoms with van der Waals surface area (Å²) in [6.45, 7) is 0.958. The van der Waals surface area contributed by atoms with E-state index in [1.54, 1.807) is 0 Å². The van der Waals surface area contributed by atoms with Gasteiger partial charge in [0.05, 0.1) is 0 Å². The molecule has 5 aliphatic rings. The fourth-order valence-corrected chi connectivity index (χ4v) is 7.18. The number of Topliss-reactive ketones (excluding diaryl/α,β-unsaturated/α-hetero) is 1. The van der Waals surface area contributed by atoms with Crippen LogP contribution in [0.3, 0.4) is 0 Å². The second kappa shape index (κ2) is 3.90.